The molecule has 120 valence electrons. The normalized spacial score (nSPS) is 14.1. The van der Waals surface area contributed by atoms with Crippen LogP contribution in [0, 0.1) is 5.92 Å². The third kappa shape index (κ3) is 5.14. The van der Waals surface area contributed by atoms with E-state index in [1.54, 1.807) is 0 Å². The van der Waals surface area contributed by atoms with Crippen LogP contribution in [0.4, 0.5) is 0 Å². The van der Waals surface area contributed by atoms with Crippen LogP contribution in [-0.4, -0.2) is 6.54 Å². The van der Waals surface area contributed by atoms with Crippen LogP contribution in [0.2, 0.25) is 0 Å². The summed E-state index contributed by atoms with van der Waals surface area (Å²) in [6, 6.07) is 7.69. The maximum atomic E-state index is 3.75. The number of unbranched alkanes of at least 4 members (excludes halogenated alkanes) is 1. The second kappa shape index (κ2) is 10.00. The number of aryl methyl sites for hydroxylation is 2. The molecule has 0 amide bonds. The van der Waals surface area contributed by atoms with E-state index in [4.69, 9.17) is 0 Å². The highest BCUT2D eigenvalue weighted by Gasteiger charge is 2.21. The first-order valence-corrected chi connectivity index (χ1v) is 9.06. The Kier molecular flexibility index (Phi) is 8.68. The van der Waals surface area contributed by atoms with Gasteiger partial charge in [0.1, 0.15) is 0 Å². The van der Waals surface area contributed by atoms with Gasteiger partial charge in [-0.3, -0.25) is 0 Å². The van der Waals surface area contributed by atoms with Crippen molar-refractivity contribution in [2.75, 3.05) is 6.54 Å². The summed E-state index contributed by atoms with van der Waals surface area (Å²) in [7, 11) is 0. The van der Waals surface area contributed by atoms with Gasteiger partial charge < -0.3 is 5.32 Å². The lowest BCUT2D eigenvalue weighted by Crippen LogP contribution is -2.28. The molecule has 1 aromatic rings. The lowest BCUT2D eigenvalue weighted by molar-refractivity contribution is 0.327. The van der Waals surface area contributed by atoms with E-state index in [9.17, 15) is 0 Å². The summed E-state index contributed by atoms with van der Waals surface area (Å²) in [5.74, 6) is 0.752. The van der Waals surface area contributed by atoms with Crippen molar-refractivity contribution >= 4 is 0 Å². The highest BCUT2D eigenvalue weighted by atomic mass is 14.9. The lowest BCUT2D eigenvalue weighted by Gasteiger charge is -2.28. The van der Waals surface area contributed by atoms with E-state index in [0.717, 1.165) is 25.3 Å². The van der Waals surface area contributed by atoms with Crippen molar-refractivity contribution in [2.45, 2.75) is 79.2 Å². The number of hydrogen-bond acceptors (Lipinski definition) is 1. The number of nitrogens with one attached hydrogen (secondary N) is 1. The fourth-order valence-corrected chi connectivity index (χ4v) is 3.36. The second-order valence-corrected chi connectivity index (χ2v) is 6.08. The molecule has 0 spiro atoms. The number of rotatable bonds is 10. The average molecular weight is 290 g/mol. The van der Waals surface area contributed by atoms with Gasteiger partial charge in [0.05, 0.1) is 0 Å². The molecule has 1 nitrogen and oxygen atoms in total. The predicted octanol–water partition coefficient (Wildman–Crippen LogP) is 5.68. The van der Waals surface area contributed by atoms with Gasteiger partial charge in [-0.1, -0.05) is 72.1 Å². The first-order chi connectivity index (χ1) is 10.2. The van der Waals surface area contributed by atoms with E-state index in [1.807, 2.05) is 0 Å². The third-order valence-corrected chi connectivity index (χ3v) is 4.70. The topological polar surface area (TPSA) is 12.0 Å². The van der Waals surface area contributed by atoms with E-state index in [1.165, 1.54) is 42.4 Å². The maximum absolute atomic E-state index is 3.75. The maximum Gasteiger partial charge on any atom is 0.0348 e. The lowest BCUT2D eigenvalue weighted by atomic mass is 9.85. The second-order valence-electron chi connectivity index (χ2n) is 6.08. The van der Waals surface area contributed by atoms with E-state index in [-0.39, 0.29) is 0 Å². The quantitative estimate of drug-likeness (QED) is 0.584. The Morgan fingerprint density at radius 3 is 2.19 bits per heavy atom. The Labute approximate surface area is 132 Å². The van der Waals surface area contributed by atoms with Crippen molar-refractivity contribution in [1.82, 2.24) is 5.32 Å². The molecule has 0 saturated carbocycles. The summed E-state index contributed by atoms with van der Waals surface area (Å²) >= 11 is 0. The van der Waals surface area contributed by atoms with Gasteiger partial charge >= 0.3 is 0 Å². The molecule has 0 bridgehead atoms. The molecular weight excluding hydrogens is 254 g/mol. The van der Waals surface area contributed by atoms with Crippen LogP contribution in [0.15, 0.2) is 18.2 Å². The van der Waals surface area contributed by atoms with Crippen molar-refractivity contribution in [3.8, 4) is 0 Å². The van der Waals surface area contributed by atoms with Crippen LogP contribution in [0.5, 0.6) is 0 Å². The predicted molar refractivity (Wildman–Crippen MR) is 94.9 cm³/mol. The monoisotopic (exact) mass is 289 g/mol. The summed E-state index contributed by atoms with van der Waals surface area (Å²) in [5, 5.41) is 3.75. The summed E-state index contributed by atoms with van der Waals surface area (Å²) in [6.45, 7) is 12.4. The molecule has 0 aliphatic rings. The Hall–Kier alpha value is -0.820. The molecule has 21 heavy (non-hydrogen) atoms. The van der Waals surface area contributed by atoms with Gasteiger partial charge in [0.25, 0.3) is 0 Å². The van der Waals surface area contributed by atoms with Crippen molar-refractivity contribution in [3.05, 3.63) is 34.9 Å². The molecule has 0 heterocycles. The standard InChI is InChI=1S/C20H35N/c1-6-11-12-17(8-3)20(21-10-5)19-14-13-16(7-2)18(9-4)15-19/h13-15,17,20-21H,6-12H2,1-5H3. The van der Waals surface area contributed by atoms with Gasteiger partial charge in [0.15, 0.2) is 0 Å². The largest absolute Gasteiger partial charge is 0.310 e. The van der Waals surface area contributed by atoms with Gasteiger partial charge in [0, 0.05) is 6.04 Å². The van der Waals surface area contributed by atoms with Crippen molar-refractivity contribution < 1.29 is 0 Å². The SMILES string of the molecule is CCCCC(CC)C(NCC)c1ccc(CC)c(CC)c1. The smallest absolute Gasteiger partial charge is 0.0348 e. The number of benzene rings is 1. The highest BCUT2D eigenvalue weighted by Crippen LogP contribution is 2.30. The fourth-order valence-electron chi connectivity index (χ4n) is 3.36. The van der Waals surface area contributed by atoms with Crippen LogP contribution < -0.4 is 5.32 Å². The molecule has 1 heteroatoms. The van der Waals surface area contributed by atoms with E-state index in [0.29, 0.717) is 6.04 Å². The highest BCUT2D eigenvalue weighted by molar-refractivity contribution is 5.34. The minimum absolute atomic E-state index is 0.516. The van der Waals surface area contributed by atoms with Gasteiger partial charge in [-0.15, -0.1) is 0 Å². The Balaban J connectivity index is 3.02. The van der Waals surface area contributed by atoms with E-state index in [2.05, 4.69) is 58.1 Å². The van der Waals surface area contributed by atoms with Gasteiger partial charge in [-0.2, -0.15) is 0 Å². The van der Waals surface area contributed by atoms with Crippen molar-refractivity contribution in [2.24, 2.45) is 5.92 Å². The zero-order chi connectivity index (χ0) is 15.7. The van der Waals surface area contributed by atoms with Crippen molar-refractivity contribution in [1.29, 1.82) is 0 Å². The van der Waals surface area contributed by atoms with E-state index < -0.39 is 0 Å². The van der Waals surface area contributed by atoms with Gasteiger partial charge in [-0.25, -0.2) is 0 Å². The van der Waals surface area contributed by atoms with Crippen LogP contribution in [0.1, 0.15) is 83.0 Å². The molecule has 0 aliphatic carbocycles. The first-order valence-electron chi connectivity index (χ1n) is 9.06. The van der Waals surface area contributed by atoms with E-state index >= 15 is 0 Å². The van der Waals surface area contributed by atoms with Gasteiger partial charge in [0.2, 0.25) is 0 Å². The summed E-state index contributed by atoms with van der Waals surface area (Å²) < 4.78 is 0. The van der Waals surface area contributed by atoms with Crippen molar-refractivity contribution in [3.63, 3.8) is 0 Å². The summed E-state index contributed by atoms with van der Waals surface area (Å²) in [5.41, 5.74) is 4.54. The minimum Gasteiger partial charge on any atom is -0.310 e. The van der Waals surface area contributed by atoms with Crippen LogP contribution in [0.25, 0.3) is 0 Å². The zero-order valence-corrected chi connectivity index (χ0v) is 14.8. The third-order valence-electron chi connectivity index (χ3n) is 4.70. The molecule has 0 radical (unpaired) electrons. The molecular formula is C20H35N. The molecule has 0 saturated heterocycles. The van der Waals surface area contributed by atoms with Gasteiger partial charge in [-0.05, 0) is 48.4 Å². The summed E-state index contributed by atoms with van der Waals surface area (Å²) in [4.78, 5) is 0. The molecule has 0 aromatic heterocycles. The molecule has 1 rings (SSSR count). The molecule has 0 aliphatic heterocycles. The summed E-state index contributed by atoms with van der Waals surface area (Å²) in [6.07, 6.45) is 7.51. The zero-order valence-electron chi connectivity index (χ0n) is 14.8. The molecule has 2 unspecified atom stereocenters. The fraction of sp³-hybridized carbons (Fsp3) is 0.700. The molecule has 1 aromatic carbocycles. The molecule has 2 atom stereocenters. The first kappa shape index (κ1) is 18.2. The Morgan fingerprint density at radius 2 is 1.67 bits per heavy atom. The Morgan fingerprint density at radius 1 is 0.952 bits per heavy atom. The number of hydrogen-bond donors (Lipinski definition) is 1. The van der Waals surface area contributed by atoms with Crippen LogP contribution in [0.3, 0.4) is 0 Å². The van der Waals surface area contributed by atoms with Crippen LogP contribution in [-0.2, 0) is 12.8 Å². The molecule has 0 fully saturated rings. The average Bonchev–Trinajstić information content (AvgIpc) is 2.53. The van der Waals surface area contributed by atoms with Crippen LogP contribution >= 0.6 is 0 Å². The Bertz CT molecular complexity index is 397. The minimum atomic E-state index is 0.516. The molecule has 1 N–H and O–H groups in total.